The Morgan fingerprint density at radius 3 is 2.79 bits per heavy atom. The van der Waals surface area contributed by atoms with Gasteiger partial charge in [0.2, 0.25) is 15.9 Å². The van der Waals surface area contributed by atoms with Gasteiger partial charge in [-0.25, -0.2) is 13.1 Å². The number of hydrogen-bond donors (Lipinski definition) is 1. The minimum absolute atomic E-state index is 0.0137. The van der Waals surface area contributed by atoms with Gasteiger partial charge in [-0.05, 0) is 31.5 Å². The first-order chi connectivity index (χ1) is 11.2. The number of rotatable bonds is 6. The van der Waals surface area contributed by atoms with Crippen molar-refractivity contribution in [2.24, 2.45) is 0 Å². The highest BCUT2D eigenvalue weighted by Gasteiger charge is 2.27. The summed E-state index contributed by atoms with van der Waals surface area (Å²) in [5.41, 5.74) is 0.731. The van der Waals surface area contributed by atoms with Crippen molar-refractivity contribution in [2.75, 3.05) is 33.4 Å². The Kier molecular flexibility index (Phi) is 6.08. The van der Waals surface area contributed by atoms with E-state index >= 15 is 0 Å². The Labute approximate surface area is 146 Å². The number of likely N-dealkylation sites (N-methyl/N-ethyl adjacent to an activating group) is 1. The molecule has 24 heavy (non-hydrogen) atoms. The van der Waals surface area contributed by atoms with Crippen LogP contribution in [0, 0.1) is 6.92 Å². The van der Waals surface area contributed by atoms with Gasteiger partial charge in [0, 0.05) is 25.2 Å². The lowest BCUT2D eigenvalue weighted by Gasteiger charge is -2.29. The van der Waals surface area contributed by atoms with E-state index in [0.29, 0.717) is 18.2 Å². The molecule has 1 aliphatic rings. The van der Waals surface area contributed by atoms with E-state index < -0.39 is 16.1 Å². The zero-order valence-corrected chi connectivity index (χ0v) is 15.4. The lowest BCUT2D eigenvalue weighted by Crippen LogP contribution is -2.48. The number of carbonyl (C=O) groups is 1. The highest BCUT2D eigenvalue weighted by atomic mass is 35.5. The monoisotopic (exact) mass is 376 g/mol. The molecule has 1 saturated heterocycles. The molecule has 1 heterocycles. The number of nitrogens with one attached hydrogen (secondary N) is 1. The Morgan fingerprint density at radius 2 is 2.17 bits per heavy atom. The van der Waals surface area contributed by atoms with Crippen molar-refractivity contribution < 1.29 is 22.7 Å². The largest absolute Gasteiger partial charge is 0.492 e. The molecule has 0 spiro atoms. The molecule has 134 valence electrons. The van der Waals surface area contributed by atoms with E-state index in [4.69, 9.17) is 21.1 Å². The van der Waals surface area contributed by atoms with E-state index in [2.05, 4.69) is 4.72 Å². The molecule has 0 radical (unpaired) electrons. The summed E-state index contributed by atoms with van der Waals surface area (Å²) in [6, 6.07) is 2.98. The van der Waals surface area contributed by atoms with Gasteiger partial charge in [0.05, 0.1) is 12.7 Å². The first kappa shape index (κ1) is 19.0. The highest BCUT2D eigenvalue weighted by molar-refractivity contribution is 7.89. The summed E-state index contributed by atoms with van der Waals surface area (Å²) in [4.78, 5) is 12.9. The number of sulfonamides is 1. The normalized spacial score (nSPS) is 18.8. The van der Waals surface area contributed by atoms with Crippen molar-refractivity contribution in [3.05, 3.63) is 22.7 Å². The van der Waals surface area contributed by atoms with Crippen LogP contribution in [0.25, 0.3) is 0 Å². The lowest BCUT2D eigenvalue weighted by atomic mass is 10.2. The predicted octanol–water partition coefficient (Wildman–Crippen LogP) is 1.18. The average molecular weight is 377 g/mol. The van der Waals surface area contributed by atoms with Crippen LogP contribution >= 0.6 is 11.6 Å². The summed E-state index contributed by atoms with van der Waals surface area (Å²) >= 11 is 6.06. The maximum atomic E-state index is 12.6. The second-order valence-electron chi connectivity index (χ2n) is 5.54. The van der Waals surface area contributed by atoms with Gasteiger partial charge in [0.15, 0.2) is 0 Å². The third-order valence-electron chi connectivity index (χ3n) is 3.66. The van der Waals surface area contributed by atoms with E-state index in [1.807, 2.05) is 0 Å². The maximum Gasteiger partial charge on any atom is 0.248 e. The quantitative estimate of drug-likeness (QED) is 0.805. The molecule has 2 rings (SSSR count). The van der Waals surface area contributed by atoms with Gasteiger partial charge in [-0.1, -0.05) is 11.6 Å². The summed E-state index contributed by atoms with van der Waals surface area (Å²) in [6.07, 6.45) is -0.404. The number of carbonyl (C=O) groups excluding carboxylic acids is 1. The number of halogens is 1. The molecule has 1 aromatic rings. The van der Waals surface area contributed by atoms with Gasteiger partial charge in [-0.3, -0.25) is 4.79 Å². The molecule has 1 aromatic carbocycles. The second-order valence-corrected chi connectivity index (χ2v) is 7.68. The van der Waals surface area contributed by atoms with Crippen molar-refractivity contribution in [1.82, 2.24) is 9.62 Å². The number of ether oxygens (including phenoxy) is 2. The zero-order valence-electron chi connectivity index (χ0n) is 13.8. The average Bonchev–Trinajstić information content (AvgIpc) is 2.52. The van der Waals surface area contributed by atoms with Crippen molar-refractivity contribution in [1.29, 1.82) is 0 Å². The van der Waals surface area contributed by atoms with Gasteiger partial charge >= 0.3 is 0 Å². The summed E-state index contributed by atoms with van der Waals surface area (Å²) < 4.78 is 38.4. The van der Waals surface area contributed by atoms with Gasteiger partial charge in [0.25, 0.3) is 0 Å². The fraction of sp³-hybridized carbons (Fsp3) is 0.533. The second kappa shape index (κ2) is 7.69. The number of nitrogens with zero attached hydrogens (tertiary/aromatic N) is 1. The molecule has 0 bridgehead atoms. The first-order valence-corrected chi connectivity index (χ1v) is 9.39. The van der Waals surface area contributed by atoms with Gasteiger partial charge in [-0.15, -0.1) is 0 Å². The molecule has 1 unspecified atom stereocenters. The summed E-state index contributed by atoms with van der Waals surface area (Å²) in [7, 11) is -2.17. The van der Waals surface area contributed by atoms with Crippen LogP contribution in [0.2, 0.25) is 5.02 Å². The predicted molar refractivity (Wildman–Crippen MR) is 89.9 cm³/mol. The fourth-order valence-electron chi connectivity index (χ4n) is 2.28. The molecule has 9 heteroatoms. The first-order valence-electron chi connectivity index (χ1n) is 7.52. The van der Waals surface area contributed by atoms with Crippen LogP contribution in [-0.2, 0) is 19.6 Å². The zero-order chi connectivity index (χ0) is 17.9. The van der Waals surface area contributed by atoms with Crippen molar-refractivity contribution in [3.8, 4) is 5.75 Å². The third kappa shape index (κ3) is 4.38. The number of benzene rings is 1. The SMILES string of the molecule is CCOc1cc(C)c(Cl)cc1S(=O)(=O)NCC1CN(C)C(=O)CO1. The number of hydrogen-bond acceptors (Lipinski definition) is 5. The van der Waals surface area contributed by atoms with Crippen molar-refractivity contribution in [3.63, 3.8) is 0 Å². The van der Waals surface area contributed by atoms with E-state index in [9.17, 15) is 13.2 Å². The smallest absolute Gasteiger partial charge is 0.248 e. The van der Waals surface area contributed by atoms with Gasteiger partial charge in [-0.2, -0.15) is 0 Å². The van der Waals surface area contributed by atoms with Crippen LogP contribution in [0.3, 0.4) is 0 Å². The molecule has 0 saturated carbocycles. The molecular formula is C15H21ClN2O5S. The standard InChI is InChI=1S/C15H21ClN2O5S/c1-4-22-13-5-10(2)12(16)6-14(13)24(20,21)17-7-11-8-18(3)15(19)9-23-11/h5-6,11,17H,4,7-9H2,1-3H3. The topological polar surface area (TPSA) is 84.9 Å². The van der Waals surface area contributed by atoms with Crippen LogP contribution in [-0.4, -0.2) is 58.7 Å². The highest BCUT2D eigenvalue weighted by Crippen LogP contribution is 2.30. The molecule has 0 aromatic heterocycles. The Bertz CT molecular complexity index is 723. The molecule has 1 fully saturated rings. The van der Waals surface area contributed by atoms with Gasteiger partial charge in [0.1, 0.15) is 17.3 Å². The van der Waals surface area contributed by atoms with Crippen LogP contribution < -0.4 is 9.46 Å². The fourth-order valence-corrected chi connectivity index (χ4v) is 3.72. The van der Waals surface area contributed by atoms with Gasteiger partial charge < -0.3 is 14.4 Å². The minimum atomic E-state index is -3.83. The van der Waals surface area contributed by atoms with Crippen molar-refractivity contribution >= 4 is 27.5 Å². The number of amides is 1. The molecule has 1 atom stereocenters. The summed E-state index contributed by atoms with van der Waals surface area (Å²) in [5.74, 6) is 0.127. The maximum absolute atomic E-state index is 12.6. The minimum Gasteiger partial charge on any atom is -0.492 e. The Balaban J connectivity index is 2.15. The number of aryl methyl sites for hydroxylation is 1. The Morgan fingerprint density at radius 1 is 1.46 bits per heavy atom. The van der Waals surface area contributed by atoms with E-state index in [1.54, 1.807) is 27.0 Å². The van der Waals surface area contributed by atoms with E-state index in [1.165, 1.54) is 11.0 Å². The Hall–Kier alpha value is -1.35. The van der Waals surface area contributed by atoms with Crippen LogP contribution in [0.4, 0.5) is 0 Å². The summed E-state index contributed by atoms with van der Waals surface area (Å²) in [6.45, 7) is 4.21. The van der Waals surface area contributed by atoms with Crippen molar-refractivity contribution in [2.45, 2.75) is 24.8 Å². The third-order valence-corrected chi connectivity index (χ3v) is 5.51. The number of morpholine rings is 1. The van der Waals surface area contributed by atoms with E-state index in [0.717, 1.165) is 5.56 Å². The molecular weight excluding hydrogens is 356 g/mol. The van der Waals surface area contributed by atoms with Crippen LogP contribution in [0.1, 0.15) is 12.5 Å². The molecule has 1 amide bonds. The molecule has 1 N–H and O–H groups in total. The molecule has 0 aliphatic carbocycles. The summed E-state index contributed by atoms with van der Waals surface area (Å²) in [5, 5.41) is 0.345. The lowest BCUT2D eigenvalue weighted by molar-refractivity contribution is -0.146. The van der Waals surface area contributed by atoms with Crippen LogP contribution in [0.15, 0.2) is 17.0 Å². The van der Waals surface area contributed by atoms with Crippen LogP contribution in [0.5, 0.6) is 5.75 Å². The molecule has 1 aliphatic heterocycles. The van der Waals surface area contributed by atoms with E-state index in [-0.39, 0.29) is 29.7 Å². The molecule has 7 nitrogen and oxygen atoms in total.